The second kappa shape index (κ2) is 12.1. The van der Waals surface area contributed by atoms with Gasteiger partial charge in [-0.05, 0) is 118 Å². The van der Waals surface area contributed by atoms with Crippen LogP contribution < -0.4 is 4.90 Å². The molecule has 0 radical (unpaired) electrons. The molecule has 0 saturated carbocycles. The first-order valence-electron chi connectivity index (χ1n) is 18.8. The smallest absolute Gasteiger partial charge is 0.0541 e. The summed E-state index contributed by atoms with van der Waals surface area (Å²) in [5.41, 5.74) is 17.4. The fourth-order valence-corrected chi connectivity index (χ4v) is 9.34. The van der Waals surface area contributed by atoms with Crippen LogP contribution in [0.3, 0.4) is 0 Å². The number of aromatic nitrogens is 1. The van der Waals surface area contributed by atoms with E-state index < -0.39 is 0 Å². The lowest BCUT2D eigenvalue weighted by molar-refractivity contribution is 0.638. The summed E-state index contributed by atoms with van der Waals surface area (Å²) in [7, 11) is 0. The van der Waals surface area contributed by atoms with Gasteiger partial charge in [0, 0.05) is 33.5 Å². The molecule has 54 heavy (non-hydrogen) atoms. The minimum atomic E-state index is -0.220. The maximum Gasteiger partial charge on any atom is 0.0541 e. The van der Waals surface area contributed by atoms with E-state index in [9.17, 15) is 0 Å². The van der Waals surface area contributed by atoms with Crippen molar-refractivity contribution in [2.75, 3.05) is 4.90 Å². The molecule has 0 aliphatic heterocycles. The van der Waals surface area contributed by atoms with Gasteiger partial charge in [0.05, 0.1) is 16.4 Å². The maximum atomic E-state index is 2.48. The normalized spacial score (nSPS) is 15.3. The summed E-state index contributed by atoms with van der Waals surface area (Å²) in [6.07, 6.45) is 5.61. The summed E-state index contributed by atoms with van der Waals surface area (Å²) < 4.78 is 2.47. The highest BCUT2D eigenvalue weighted by Gasteiger charge is 2.45. The number of hydrogen-bond donors (Lipinski definition) is 0. The molecule has 1 spiro atoms. The van der Waals surface area contributed by atoms with Crippen molar-refractivity contribution >= 4 is 44.9 Å². The Morgan fingerprint density at radius 1 is 0.426 bits per heavy atom. The lowest BCUT2D eigenvalue weighted by Crippen LogP contribution is -2.29. The molecule has 0 N–H and O–H groups in total. The SMILES string of the molecule is C1=Cc2ccccc2C2(C1)c1ccccc1-c1ccc(-n3c4ccccc4c4cc(-c5ccc(N(c6ccccc6)c6ccccc6)cc5)ccc43)cc12. The average Bonchev–Trinajstić information content (AvgIpc) is 3.72. The zero-order valence-corrected chi connectivity index (χ0v) is 29.7. The van der Waals surface area contributed by atoms with Gasteiger partial charge in [0.25, 0.3) is 0 Å². The molecule has 11 rings (SSSR count). The van der Waals surface area contributed by atoms with Crippen molar-refractivity contribution in [1.29, 1.82) is 0 Å². The maximum absolute atomic E-state index is 2.48. The first-order chi connectivity index (χ1) is 26.8. The summed E-state index contributed by atoms with van der Waals surface area (Å²) in [5, 5.41) is 2.52. The van der Waals surface area contributed by atoms with Gasteiger partial charge >= 0.3 is 0 Å². The van der Waals surface area contributed by atoms with Crippen LogP contribution in [0, 0.1) is 0 Å². The van der Waals surface area contributed by atoms with Gasteiger partial charge < -0.3 is 9.47 Å². The number of hydrogen-bond acceptors (Lipinski definition) is 1. The largest absolute Gasteiger partial charge is 0.311 e. The predicted octanol–water partition coefficient (Wildman–Crippen LogP) is 13.7. The summed E-state index contributed by atoms with van der Waals surface area (Å²) in [6.45, 7) is 0. The van der Waals surface area contributed by atoms with Crippen molar-refractivity contribution < 1.29 is 0 Å². The van der Waals surface area contributed by atoms with Crippen LogP contribution in [0.5, 0.6) is 0 Å². The van der Waals surface area contributed by atoms with Gasteiger partial charge in [-0.15, -0.1) is 0 Å². The molecule has 2 nitrogen and oxygen atoms in total. The summed E-state index contributed by atoms with van der Waals surface area (Å²) in [5.74, 6) is 0. The van der Waals surface area contributed by atoms with Crippen LogP contribution in [-0.2, 0) is 5.41 Å². The lowest BCUT2D eigenvalue weighted by Gasteiger charge is -2.36. The van der Waals surface area contributed by atoms with Gasteiger partial charge in [0.2, 0.25) is 0 Å². The molecule has 1 atom stereocenters. The van der Waals surface area contributed by atoms with Crippen LogP contribution in [0.1, 0.15) is 28.7 Å². The molecule has 0 bridgehead atoms. The number of rotatable bonds is 5. The van der Waals surface area contributed by atoms with E-state index in [-0.39, 0.29) is 5.41 Å². The first kappa shape index (κ1) is 30.7. The Bertz CT molecular complexity index is 2860. The molecule has 9 aromatic rings. The van der Waals surface area contributed by atoms with Gasteiger partial charge in [0.1, 0.15) is 0 Å². The summed E-state index contributed by atoms with van der Waals surface area (Å²) in [4.78, 5) is 2.31. The molecule has 1 heterocycles. The molecule has 8 aromatic carbocycles. The topological polar surface area (TPSA) is 8.17 Å². The molecule has 2 heteroatoms. The van der Waals surface area contributed by atoms with E-state index in [1.165, 1.54) is 72.0 Å². The van der Waals surface area contributed by atoms with Crippen LogP contribution >= 0.6 is 0 Å². The zero-order valence-electron chi connectivity index (χ0n) is 29.7. The van der Waals surface area contributed by atoms with Crippen molar-refractivity contribution in [2.24, 2.45) is 0 Å². The molecule has 0 saturated heterocycles. The molecule has 0 fully saturated rings. The Morgan fingerprint density at radius 2 is 1.04 bits per heavy atom. The first-order valence-corrected chi connectivity index (χ1v) is 18.8. The second-order valence-electron chi connectivity index (χ2n) is 14.5. The van der Waals surface area contributed by atoms with E-state index in [4.69, 9.17) is 0 Å². The zero-order chi connectivity index (χ0) is 35.6. The Balaban J connectivity index is 1.04. The third kappa shape index (κ3) is 4.53. The van der Waals surface area contributed by atoms with E-state index in [1.54, 1.807) is 0 Å². The molecule has 2 aliphatic carbocycles. The van der Waals surface area contributed by atoms with Gasteiger partial charge in [-0.25, -0.2) is 0 Å². The summed E-state index contributed by atoms with van der Waals surface area (Å²) >= 11 is 0. The van der Waals surface area contributed by atoms with Crippen molar-refractivity contribution in [3.63, 3.8) is 0 Å². The third-order valence-electron chi connectivity index (χ3n) is 11.7. The van der Waals surface area contributed by atoms with Crippen molar-refractivity contribution in [3.05, 3.63) is 222 Å². The summed E-state index contributed by atoms with van der Waals surface area (Å²) in [6, 6.07) is 71.1. The number of nitrogens with zero attached hydrogens (tertiary/aromatic N) is 2. The molecule has 1 unspecified atom stereocenters. The lowest BCUT2D eigenvalue weighted by atomic mass is 9.66. The Morgan fingerprint density at radius 3 is 1.83 bits per heavy atom. The van der Waals surface area contributed by atoms with Gasteiger partial charge in [-0.1, -0.05) is 140 Å². The third-order valence-corrected chi connectivity index (χ3v) is 11.7. The van der Waals surface area contributed by atoms with Crippen LogP contribution in [0.25, 0.3) is 55.8 Å². The Labute approximate surface area is 315 Å². The van der Waals surface area contributed by atoms with Crippen molar-refractivity contribution in [2.45, 2.75) is 11.8 Å². The predicted molar refractivity (Wildman–Crippen MR) is 226 cm³/mol. The molecular weight excluding hydrogens is 653 g/mol. The van der Waals surface area contributed by atoms with E-state index >= 15 is 0 Å². The van der Waals surface area contributed by atoms with Crippen LogP contribution in [0.4, 0.5) is 17.1 Å². The number of fused-ring (bicyclic) bond motifs is 10. The Kier molecular flexibility index (Phi) is 6.87. The number of para-hydroxylation sites is 3. The molecule has 0 amide bonds. The standard InChI is InChI=1S/C52H36N2/c1-3-16-39(17-4-1)53(40-18-5-2-6-19-40)41-28-25-36(26-29-41)38-27-32-51-46(34-38)45-21-9-12-24-50(45)54(51)42-30-31-44-43-20-8-11-23-48(43)52(49(44)35-42)33-13-15-37-14-7-10-22-47(37)52/h1-32,34-35H,33H2. The van der Waals surface area contributed by atoms with Gasteiger partial charge in [-0.3, -0.25) is 0 Å². The number of allylic oxidation sites excluding steroid dienone is 1. The minimum absolute atomic E-state index is 0.220. The van der Waals surface area contributed by atoms with E-state index in [0.717, 1.165) is 23.5 Å². The molecule has 254 valence electrons. The van der Waals surface area contributed by atoms with Crippen LogP contribution in [-0.4, -0.2) is 4.57 Å². The molecule has 2 aliphatic rings. The average molecular weight is 689 g/mol. The monoisotopic (exact) mass is 688 g/mol. The quantitative estimate of drug-likeness (QED) is 0.175. The highest BCUT2D eigenvalue weighted by molar-refractivity contribution is 6.10. The van der Waals surface area contributed by atoms with E-state index in [2.05, 4.69) is 216 Å². The fraction of sp³-hybridized carbons (Fsp3) is 0.0385. The van der Waals surface area contributed by atoms with E-state index in [1.807, 2.05) is 0 Å². The molecule has 1 aromatic heterocycles. The number of anilines is 3. The van der Waals surface area contributed by atoms with E-state index in [0.29, 0.717) is 0 Å². The van der Waals surface area contributed by atoms with Crippen molar-refractivity contribution in [1.82, 2.24) is 4.57 Å². The highest BCUT2D eigenvalue weighted by Crippen LogP contribution is 2.57. The minimum Gasteiger partial charge on any atom is -0.311 e. The van der Waals surface area contributed by atoms with Gasteiger partial charge in [-0.2, -0.15) is 0 Å². The molecular formula is C52H36N2. The van der Waals surface area contributed by atoms with Crippen LogP contribution in [0.2, 0.25) is 0 Å². The highest BCUT2D eigenvalue weighted by atomic mass is 15.1. The Hall–Kier alpha value is -6.90. The van der Waals surface area contributed by atoms with Crippen LogP contribution in [0.15, 0.2) is 200 Å². The van der Waals surface area contributed by atoms with Gasteiger partial charge in [0.15, 0.2) is 0 Å². The number of benzene rings is 8. The second-order valence-corrected chi connectivity index (χ2v) is 14.5. The van der Waals surface area contributed by atoms with Crippen molar-refractivity contribution in [3.8, 4) is 27.9 Å². The fourth-order valence-electron chi connectivity index (χ4n) is 9.34.